The number of hydrogen-bond acceptors (Lipinski definition) is 6. The first-order chi connectivity index (χ1) is 22.2. The molecule has 0 fully saturated rings. The lowest BCUT2D eigenvalue weighted by Gasteiger charge is -2.38. The molecule has 0 bridgehead atoms. The van der Waals surface area contributed by atoms with Crippen LogP contribution in [0.4, 0.5) is 0 Å². The van der Waals surface area contributed by atoms with Gasteiger partial charge in [0.15, 0.2) is 0 Å². The zero-order valence-electron chi connectivity index (χ0n) is 24.1. The lowest BCUT2D eigenvalue weighted by molar-refractivity contribution is -0.121. The van der Waals surface area contributed by atoms with E-state index in [1.54, 1.807) is 0 Å². The van der Waals surface area contributed by atoms with Crippen LogP contribution in [0.25, 0.3) is 10.8 Å². The number of benzene rings is 5. The van der Waals surface area contributed by atoms with E-state index in [1.165, 1.54) is 23.9 Å². The number of nitrogens with zero attached hydrogens (tertiary/aromatic N) is 1. The van der Waals surface area contributed by atoms with Crippen molar-refractivity contribution in [2.24, 2.45) is 5.73 Å². The third-order valence-corrected chi connectivity index (χ3v) is 9.78. The number of amides is 3. The molecule has 0 saturated carbocycles. The van der Waals surface area contributed by atoms with Crippen molar-refractivity contribution in [3.63, 3.8) is 0 Å². The first-order valence-electron chi connectivity index (χ1n) is 14.2. The van der Waals surface area contributed by atoms with Crippen molar-refractivity contribution < 1.29 is 34.2 Å². The van der Waals surface area contributed by atoms with Crippen molar-refractivity contribution in [2.45, 2.75) is 10.8 Å². The second-order valence-corrected chi connectivity index (χ2v) is 11.9. The number of aromatic carboxylic acids is 2. The van der Waals surface area contributed by atoms with E-state index in [9.17, 15) is 34.2 Å². The van der Waals surface area contributed by atoms with Gasteiger partial charge in [0.05, 0.1) is 15.9 Å². The number of carbonyl (C=O) groups excluding carboxylic acids is 3. The first-order valence-corrected chi connectivity index (χ1v) is 15.2. The van der Waals surface area contributed by atoms with Gasteiger partial charge in [0.2, 0.25) is 5.91 Å². The molecule has 0 radical (unpaired) electrons. The SMILES string of the molecule is NC(=O)[C@H](CSC(c1ccccc1)(c1ccccc1)c1ccccc1)N1C(=O)c2ccc(C(=O)O)c3c(C(=O)O)ccc(c23)C1=O. The summed E-state index contributed by atoms with van der Waals surface area (Å²) in [4.78, 5) is 66.1. The van der Waals surface area contributed by atoms with E-state index in [1.807, 2.05) is 91.0 Å². The van der Waals surface area contributed by atoms with Crippen LogP contribution in [0.1, 0.15) is 58.1 Å². The smallest absolute Gasteiger partial charge is 0.336 e. The largest absolute Gasteiger partial charge is 0.478 e. The molecule has 228 valence electrons. The monoisotopic (exact) mass is 630 g/mol. The van der Waals surface area contributed by atoms with Gasteiger partial charge in [-0.25, -0.2) is 9.59 Å². The molecule has 0 spiro atoms. The Morgan fingerprint density at radius 3 is 1.37 bits per heavy atom. The Morgan fingerprint density at radius 2 is 1.02 bits per heavy atom. The van der Waals surface area contributed by atoms with Crippen LogP contribution in [0.15, 0.2) is 115 Å². The molecule has 5 aromatic carbocycles. The van der Waals surface area contributed by atoms with Crippen LogP contribution >= 0.6 is 11.8 Å². The number of primary amides is 1. The second kappa shape index (κ2) is 12.0. The summed E-state index contributed by atoms with van der Waals surface area (Å²) in [6, 6.07) is 32.3. The fraction of sp³-hybridized carbons (Fsp3) is 0.0833. The average Bonchev–Trinajstić information content (AvgIpc) is 3.07. The third-order valence-electron chi connectivity index (χ3n) is 8.16. The Kier molecular flexibility index (Phi) is 7.89. The van der Waals surface area contributed by atoms with Crippen molar-refractivity contribution in [3.8, 4) is 0 Å². The topological polar surface area (TPSA) is 155 Å². The highest BCUT2D eigenvalue weighted by molar-refractivity contribution is 8.00. The standard InChI is InChI=1S/C36H26N2O7S/c37-31(39)28(20-46-36(21-10-4-1-5-11-21,22-12-6-2-7-13-22)23-14-8-3-9-15-23)38-32(40)24-16-18-26(34(42)43)30-27(35(44)45)19-17-25(29(24)30)33(38)41/h1-19,28H,20H2,(H2,37,39)(H,42,43)(H,44,45)/t28-/m0/s1. The summed E-state index contributed by atoms with van der Waals surface area (Å²) < 4.78 is -0.885. The molecule has 9 nitrogen and oxygen atoms in total. The van der Waals surface area contributed by atoms with Gasteiger partial charge in [-0.1, -0.05) is 91.0 Å². The van der Waals surface area contributed by atoms with Gasteiger partial charge in [0.25, 0.3) is 11.8 Å². The highest BCUT2D eigenvalue weighted by Gasteiger charge is 2.44. The number of carbonyl (C=O) groups is 5. The maximum Gasteiger partial charge on any atom is 0.336 e. The Balaban J connectivity index is 1.49. The van der Waals surface area contributed by atoms with E-state index >= 15 is 0 Å². The molecule has 6 rings (SSSR count). The number of hydrogen-bond donors (Lipinski definition) is 3. The van der Waals surface area contributed by atoms with Gasteiger partial charge in [-0.3, -0.25) is 19.3 Å². The van der Waals surface area contributed by atoms with E-state index in [2.05, 4.69) is 0 Å². The molecule has 0 saturated heterocycles. The lowest BCUT2D eigenvalue weighted by Crippen LogP contribution is -2.54. The van der Waals surface area contributed by atoms with Crippen molar-refractivity contribution in [1.82, 2.24) is 4.90 Å². The number of thioether (sulfide) groups is 1. The van der Waals surface area contributed by atoms with Gasteiger partial charge in [-0.2, -0.15) is 0 Å². The average molecular weight is 631 g/mol. The highest BCUT2D eigenvalue weighted by atomic mass is 32.2. The van der Waals surface area contributed by atoms with E-state index in [4.69, 9.17) is 5.73 Å². The van der Waals surface area contributed by atoms with Crippen LogP contribution in [-0.4, -0.2) is 56.6 Å². The maximum atomic E-state index is 14.0. The summed E-state index contributed by atoms with van der Waals surface area (Å²) in [5.74, 6) is -5.60. The highest BCUT2D eigenvalue weighted by Crippen LogP contribution is 2.49. The minimum Gasteiger partial charge on any atom is -0.478 e. The zero-order chi connectivity index (χ0) is 32.6. The molecule has 1 aliphatic rings. The molecule has 1 atom stereocenters. The molecule has 0 aromatic heterocycles. The fourth-order valence-corrected chi connectivity index (χ4v) is 7.73. The molecule has 4 N–H and O–H groups in total. The predicted molar refractivity (Wildman–Crippen MR) is 173 cm³/mol. The summed E-state index contributed by atoms with van der Waals surface area (Å²) in [5.41, 5.74) is 7.68. The first kappa shape index (κ1) is 30.3. The van der Waals surface area contributed by atoms with Gasteiger partial charge in [0.1, 0.15) is 6.04 Å². The van der Waals surface area contributed by atoms with Crippen molar-refractivity contribution in [1.29, 1.82) is 0 Å². The molecule has 1 heterocycles. The zero-order valence-corrected chi connectivity index (χ0v) is 24.9. The van der Waals surface area contributed by atoms with Crippen LogP contribution in [0.2, 0.25) is 0 Å². The number of nitrogens with two attached hydrogens (primary N) is 1. The van der Waals surface area contributed by atoms with Gasteiger partial charge in [-0.05, 0) is 41.0 Å². The number of imide groups is 1. The predicted octanol–water partition coefficient (Wildman–Crippen LogP) is 5.41. The molecule has 46 heavy (non-hydrogen) atoms. The summed E-state index contributed by atoms with van der Waals surface area (Å²) in [7, 11) is 0. The minimum absolute atomic E-state index is 0.0888. The van der Waals surface area contributed by atoms with E-state index in [0.29, 0.717) is 0 Å². The second-order valence-electron chi connectivity index (χ2n) is 10.7. The molecular weight excluding hydrogens is 604 g/mol. The van der Waals surface area contributed by atoms with E-state index in [-0.39, 0.29) is 38.8 Å². The van der Waals surface area contributed by atoms with Gasteiger partial charge in [0, 0.05) is 27.7 Å². The Bertz CT molecular complexity index is 1870. The molecule has 1 aliphatic heterocycles. The van der Waals surface area contributed by atoms with Crippen LogP contribution in [0, 0.1) is 0 Å². The van der Waals surface area contributed by atoms with Crippen molar-refractivity contribution in [2.75, 3.05) is 5.75 Å². The molecule has 0 aliphatic carbocycles. The lowest BCUT2D eigenvalue weighted by atomic mass is 9.84. The van der Waals surface area contributed by atoms with Crippen molar-refractivity contribution in [3.05, 3.63) is 154 Å². The summed E-state index contributed by atoms with van der Waals surface area (Å²) in [6.45, 7) is 0. The summed E-state index contributed by atoms with van der Waals surface area (Å²) >= 11 is 1.35. The minimum atomic E-state index is -1.42. The summed E-state index contributed by atoms with van der Waals surface area (Å²) in [5, 5.41) is 19.3. The van der Waals surface area contributed by atoms with E-state index < -0.39 is 40.4 Å². The number of carboxylic acids is 2. The molecule has 10 heteroatoms. The quantitative estimate of drug-likeness (QED) is 0.137. The molecule has 3 amide bonds. The van der Waals surface area contributed by atoms with Crippen LogP contribution in [0.5, 0.6) is 0 Å². The normalized spacial score (nSPS) is 13.4. The van der Waals surface area contributed by atoms with Crippen LogP contribution in [0.3, 0.4) is 0 Å². The van der Waals surface area contributed by atoms with E-state index in [0.717, 1.165) is 33.7 Å². The van der Waals surface area contributed by atoms with Gasteiger partial charge < -0.3 is 15.9 Å². The third kappa shape index (κ3) is 4.89. The van der Waals surface area contributed by atoms with Crippen LogP contribution in [-0.2, 0) is 9.54 Å². The van der Waals surface area contributed by atoms with Gasteiger partial charge >= 0.3 is 11.9 Å². The van der Waals surface area contributed by atoms with Crippen molar-refractivity contribution >= 4 is 52.2 Å². The van der Waals surface area contributed by atoms with Gasteiger partial charge in [-0.15, -0.1) is 11.8 Å². The fourth-order valence-electron chi connectivity index (χ4n) is 6.10. The molecular formula is C36H26N2O7S. The molecule has 5 aromatic rings. The Morgan fingerprint density at radius 1 is 0.630 bits per heavy atom. The number of rotatable bonds is 10. The molecule has 0 unspecified atom stereocenters. The Labute approximate surface area is 267 Å². The maximum absolute atomic E-state index is 14.0. The number of carboxylic acid groups (broad SMARTS) is 2. The van der Waals surface area contributed by atoms with Crippen LogP contribution < -0.4 is 5.73 Å². The summed E-state index contributed by atoms with van der Waals surface area (Å²) in [6.07, 6.45) is 0. The Hall–Kier alpha value is -5.74.